The number of halogens is 1. The van der Waals surface area contributed by atoms with Crippen molar-refractivity contribution in [1.82, 2.24) is 0 Å². The number of aryl methyl sites for hydroxylation is 1. The molecule has 66 valence electrons. The molecule has 0 aliphatic heterocycles. The lowest BCUT2D eigenvalue weighted by molar-refractivity contribution is 0.477. The van der Waals surface area contributed by atoms with Gasteiger partial charge in [-0.2, -0.15) is 0 Å². The molecule has 0 heterocycles. The Labute approximate surface area is 81.6 Å². The molecule has 1 N–H and O–H groups in total. The van der Waals surface area contributed by atoms with E-state index in [0.29, 0.717) is 10.8 Å². The van der Waals surface area contributed by atoms with Gasteiger partial charge in [-0.15, -0.1) is 0 Å². The van der Waals surface area contributed by atoms with Crippen molar-refractivity contribution >= 4 is 22.4 Å². The number of phenols is 1. The van der Waals surface area contributed by atoms with Gasteiger partial charge < -0.3 is 5.11 Å². The molecule has 0 aromatic heterocycles. The highest BCUT2D eigenvalue weighted by Crippen LogP contribution is 2.29. The van der Waals surface area contributed by atoms with Crippen molar-refractivity contribution in [3.63, 3.8) is 0 Å². The molecule has 1 nitrogen and oxygen atoms in total. The lowest BCUT2D eigenvalue weighted by Crippen LogP contribution is -1.78. The monoisotopic (exact) mass is 192 g/mol. The van der Waals surface area contributed by atoms with Crippen molar-refractivity contribution in [1.29, 1.82) is 0 Å². The smallest absolute Gasteiger partial charge is 0.126 e. The second-order valence-corrected chi connectivity index (χ2v) is 3.53. The minimum Gasteiger partial charge on any atom is -0.507 e. The normalized spacial score (nSPS) is 10.6. The van der Waals surface area contributed by atoms with Gasteiger partial charge in [-0.25, -0.2) is 0 Å². The first-order valence-corrected chi connectivity index (χ1v) is 4.44. The number of phenolic OH excluding ortho intramolecular Hbond substituents is 1. The summed E-state index contributed by atoms with van der Waals surface area (Å²) in [5, 5.41) is 12.2. The first kappa shape index (κ1) is 8.39. The van der Waals surface area contributed by atoms with Crippen LogP contribution in [0.2, 0.25) is 5.02 Å². The van der Waals surface area contributed by atoms with Crippen molar-refractivity contribution in [2.45, 2.75) is 6.92 Å². The second-order valence-electron chi connectivity index (χ2n) is 3.10. The second kappa shape index (κ2) is 2.93. The summed E-state index contributed by atoms with van der Waals surface area (Å²) in [6.07, 6.45) is 0. The van der Waals surface area contributed by atoms with E-state index in [2.05, 4.69) is 0 Å². The van der Waals surface area contributed by atoms with E-state index < -0.39 is 0 Å². The number of fused-ring (bicyclic) bond motifs is 1. The number of hydrogen-bond acceptors (Lipinski definition) is 1. The van der Waals surface area contributed by atoms with Crippen molar-refractivity contribution in [2.75, 3.05) is 0 Å². The fourth-order valence-electron chi connectivity index (χ4n) is 1.39. The molecule has 13 heavy (non-hydrogen) atoms. The fourth-order valence-corrected chi connectivity index (χ4v) is 1.57. The molecule has 0 spiro atoms. The summed E-state index contributed by atoms with van der Waals surface area (Å²) < 4.78 is 0. The van der Waals surface area contributed by atoms with Gasteiger partial charge in [0.05, 0.1) is 0 Å². The van der Waals surface area contributed by atoms with E-state index in [0.717, 1.165) is 16.3 Å². The molecule has 0 saturated heterocycles. The molecule has 0 saturated carbocycles. The maximum absolute atomic E-state index is 9.71. The number of rotatable bonds is 0. The van der Waals surface area contributed by atoms with Crippen LogP contribution in [0.15, 0.2) is 30.3 Å². The third kappa shape index (κ3) is 1.36. The van der Waals surface area contributed by atoms with Gasteiger partial charge in [-0.1, -0.05) is 23.7 Å². The Kier molecular flexibility index (Phi) is 1.89. The highest BCUT2D eigenvalue weighted by atomic mass is 35.5. The maximum atomic E-state index is 9.71. The molecule has 2 aromatic carbocycles. The van der Waals surface area contributed by atoms with E-state index in [4.69, 9.17) is 11.6 Å². The summed E-state index contributed by atoms with van der Waals surface area (Å²) in [7, 11) is 0. The average Bonchev–Trinajstić information content (AvgIpc) is 2.12. The van der Waals surface area contributed by atoms with Crippen LogP contribution in [0.3, 0.4) is 0 Å². The zero-order valence-electron chi connectivity index (χ0n) is 7.21. The van der Waals surface area contributed by atoms with E-state index in [9.17, 15) is 5.11 Å². The Morgan fingerprint density at radius 1 is 1.15 bits per heavy atom. The van der Waals surface area contributed by atoms with Crippen LogP contribution in [0.1, 0.15) is 5.56 Å². The summed E-state index contributed by atoms with van der Waals surface area (Å²) in [6, 6.07) is 9.30. The number of aromatic hydroxyl groups is 1. The quantitative estimate of drug-likeness (QED) is 0.677. The molecule has 0 unspecified atom stereocenters. The SMILES string of the molecule is Cc1ccc2cc(Cl)ccc2c1O. The summed E-state index contributed by atoms with van der Waals surface area (Å²) in [4.78, 5) is 0. The molecule has 0 aliphatic carbocycles. The van der Waals surface area contributed by atoms with Crippen molar-refractivity contribution in [3.8, 4) is 5.75 Å². The summed E-state index contributed by atoms with van der Waals surface area (Å²) >= 11 is 5.83. The molecule has 0 bridgehead atoms. The van der Waals surface area contributed by atoms with Crippen LogP contribution in [0, 0.1) is 6.92 Å². The van der Waals surface area contributed by atoms with Crippen LogP contribution in [0.5, 0.6) is 5.75 Å². The standard InChI is InChI=1S/C11H9ClO/c1-7-2-3-8-6-9(12)4-5-10(8)11(7)13/h2-6,13H,1H3. The molecule has 2 heteroatoms. The van der Waals surface area contributed by atoms with E-state index in [1.165, 1.54) is 0 Å². The first-order chi connectivity index (χ1) is 6.18. The predicted octanol–water partition coefficient (Wildman–Crippen LogP) is 3.51. The Bertz CT molecular complexity index is 463. The van der Waals surface area contributed by atoms with Crippen molar-refractivity contribution in [2.24, 2.45) is 0 Å². The lowest BCUT2D eigenvalue weighted by atomic mass is 10.1. The highest BCUT2D eigenvalue weighted by Gasteiger charge is 2.02. The fraction of sp³-hybridized carbons (Fsp3) is 0.0909. The van der Waals surface area contributed by atoms with E-state index in [1.807, 2.05) is 31.2 Å². The topological polar surface area (TPSA) is 20.2 Å². The zero-order chi connectivity index (χ0) is 9.42. The molecule has 0 atom stereocenters. The molecule has 0 aliphatic rings. The van der Waals surface area contributed by atoms with E-state index in [1.54, 1.807) is 6.07 Å². The molecular formula is C11H9ClO. The number of benzene rings is 2. The summed E-state index contributed by atoms with van der Waals surface area (Å²) in [5.74, 6) is 0.342. The van der Waals surface area contributed by atoms with Gasteiger partial charge in [0, 0.05) is 10.4 Å². The third-order valence-corrected chi connectivity index (χ3v) is 2.39. The highest BCUT2D eigenvalue weighted by molar-refractivity contribution is 6.31. The Hall–Kier alpha value is -1.21. The van der Waals surface area contributed by atoms with Gasteiger partial charge in [0.1, 0.15) is 5.75 Å². The molecule has 2 rings (SSSR count). The minimum atomic E-state index is 0.342. The van der Waals surface area contributed by atoms with Crippen molar-refractivity contribution < 1.29 is 5.11 Å². The van der Waals surface area contributed by atoms with Crippen LogP contribution < -0.4 is 0 Å². The average molecular weight is 193 g/mol. The zero-order valence-corrected chi connectivity index (χ0v) is 7.97. The van der Waals surface area contributed by atoms with Crippen LogP contribution in [0.4, 0.5) is 0 Å². The minimum absolute atomic E-state index is 0.342. The molecule has 0 radical (unpaired) electrons. The van der Waals surface area contributed by atoms with Gasteiger partial charge in [0.25, 0.3) is 0 Å². The predicted molar refractivity (Wildman–Crippen MR) is 55.4 cm³/mol. The summed E-state index contributed by atoms with van der Waals surface area (Å²) in [5.41, 5.74) is 0.884. The van der Waals surface area contributed by atoms with Gasteiger partial charge >= 0.3 is 0 Å². The lowest BCUT2D eigenvalue weighted by Gasteiger charge is -2.03. The molecular weight excluding hydrogens is 184 g/mol. The van der Waals surface area contributed by atoms with Gasteiger partial charge in [-0.05, 0) is 36.1 Å². The van der Waals surface area contributed by atoms with Crippen LogP contribution >= 0.6 is 11.6 Å². The third-order valence-electron chi connectivity index (χ3n) is 2.16. The first-order valence-electron chi connectivity index (χ1n) is 4.06. The van der Waals surface area contributed by atoms with Crippen LogP contribution in [-0.4, -0.2) is 5.11 Å². The maximum Gasteiger partial charge on any atom is 0.126 e. The Morgan fingerprint density at radius 3 is 2.69 bits per heavy atom. The Balaban J connectivity index is 2.87. The summed E-state index contributed by atoms with van der Waals surface area (Å²) in [6.45, 7) is 1.88. The Morgan fingerprint density at radius 2 is 1.92 bits per heavy atom. The van der Waals surface area contributed by atoms with Crippen molar-refractivity contribution in [3.05, 3.63) is 40.9 Å². The van der Waals surface area contributed by atoms with Gasteiger partial charge in [0.15, 0.2) is 0 Å². The van der Waals surface area contributed by atoms with E-state index in [-0.39, 0.29) is 0 Å². The van der Waals surface area contributed by atoms with Crippen LogP contribution in [0.25, 0.3) is 10.8 Å². The largest absolute Gasteiger partial charge is 0.507 e. The van der Waals surface area contributed by atoms with E-state index >= 15 is 0 Å². The molecule has 0 fully saturated rings. The van der Waals surface area contributed by atoms with Crippen LogP contribution in [-0.2, 0) is 0 Å². The molecule has 2 aromatic rings. The van der Waals surface area contributed by atoms with Gasteiger partial charge in [0.2, 0.25) is 0 Å². The van der Waals surface area contributed by atoms with Gasteiger partial charge in [-0.3, -0.25) is 0 Å². The number of hydrogen-bond donors (Lipinski definition) is 1. The molecule has 0 amide bonds.